The quantitative estimate of drug-likeness (QED) is 0.864. The van der Waals surface area contributed by atoms with Crippen molar-refractivity contribution >= 4 is 0 Å². The molecule has 0 aliphatic heterocycles. The van der Waals surface area contributed by atoms with Gasteiger partial charge in [-0.15, -0.1) is 0 Å². The van der Waals surface area contributed by atoms with E-state index in [1.807, 2.05) is 0 Å². The van der Waals surface area contributed by atoms with E-state index in [1.165, 1.54) is 11.1 Å². The van der Waals surface area contributed by atoms with Crippen LogP contribution in [0.1, 0.15) is 64.6 Å². The second-order valence-electron chi connectivity index (χ2n) is 6.95. The minimum Gasteiger partial charge on any atom is -0.379 e. The molecule has 0 heterocycles. The molecule has 0 radical (unpaired) electrons. The molecule has 2 N–H and O–H groups in total. The molecular formula is C17H29NO. The van der Waals surface area contributed by atoms with E-state index in [9.17, 15) is 0 Å². The summed E-state index contributed by atoms with van der Waals surface area (Å²) in [6, 6.07) is 8.59. The number of hydrogen-bond donors (Lipinski definition) is 1. The van der Waals surface area contributed by atoms with Crippen LogP contribution < -0.4 is 5.73 Å². The van der Waals surface area contributed by atoms with Crippen LogP contribution in [-0.2, 0) is 10.2 Å². The lowest BCUT2D eigenvalue weighted by molar-refractivity contribution is 0.0124. The van der Waals surface area contributed by atoms with Gasteiger partial charge < -0.3 is 10.5 Å². The molecule has 108 valence electrons. The van der Waals surface area contributed by atoms with Crippen molar-refractivity contribution in [2.75, 3.05) is 7.11 Å². The van der Waals surface area contributed by atoms with E-state index in [4.69, 9.17) is 10.5 Å². The predicted molar refractivity (Wildman–Crippen MR) is 82.4 cm³/mol. The van der Waals surface area contributed by atoms with E-state index < -0.39 is 0 Å². The molecule has 0 aromatic heterocycles. The van der Waals surface area contributed by atoms with Gasteiger partial charge >= 0.3 is 0 Å². The fraction of sp³-hybridized carbons (Fsp3) is 0.647. The summed E-state index contributed by atoms with van der Waals surface area (Å²) in [6.07, 6.45) is 1.90. The lowest BCUT2D eigenvalue weighted by Crippen LogP contribution is -2.26. The monoisotopic (exact) mass is 263 g/mol. The van der Waals surface area contributed by atoms with Gasteiger partial charge in [0.05, 0.1) is 5.60 Å². The van der Waals surface area contributed by atoms with Crippen LogP contribution in [-0.4, -0.2) is 12.7 Å². The lowest BCUT2D eigenvalue weighted by Gasteiger charge is -2.28. The van der Waals surface area contributed by atoms with Gasteiger partial charge in [0.2, 0.25) is 0 Å². The van der Waals surface area contributed by atoms with E-state index >= 15 is 0 Å². The topological polar surface area (TPSA) is 35.2 Å². The van der Waals surface area contributed by atoms with Crippen molar-refractivity contribution in [3.63, 3.8) is 0 Å². The first kappa shape index (κ1) is 16.2. The van der Waals surface area contributed by atoms with Crippen LogP contribution in [0.2, 0.25) is 0 Å². The molecule has 1 unspecified atom stereocenters. The second-order valence-corrected chi connectivity index (χ2v) is 6.95. The van der Waals surface area contributed by atoms with Gasteiger partial charge in [0.15, 0.2) is 0 Å². The van der Waals surface area contributed by atoms with Gasteiger partial charge in [0.1, 0.15) is 0 Å². The van der Waals surface area contributed by atoms with Gasteiger partial charge in [-0.3, -0.25) is 0 Å². The van der Waals surface area contributed by atoms with E-state index in [2.05, 4.69) is 58.9 Å². The van der Waals surface area contributed by atoms with Crippen molar-refractivity contribution in [2.24, 2.45) is 5.73 Å². The molecule has 2 heteroatoms. The minimum absolute atomic E-state index is 0.0739. The number of methoxy groups -OCH3 is 1. The Morgan fingerprint density at radius 3 is 2.21 bits per heavy atom. The van der Waals surface area contributed by atoms with E-state index in [-0.39, 0.29) is 17.1 Å². The number of hydrogen-bond acceptors (Lipinski definition) is 2. The van der Waals surface area contributed by atoms with Gasteiger partial charge in [0.25, 0.3) is 0 Å². The number of ether oxygens (including phenoxy) is 1. The van der Waals surface area contributed by atoms with E-state index in [0.29, 0.717) is 0 Å². The fourth-order valence-electron chi connectivity index (χ4n) is 2.26. The normalized spacial score (nSPS) is 14.5. The highest BCUT2D eigenvalue weighted by Gasteiger charge is 2.23. The molecule has 0 spiro atoms. The summed E-state index contributed by atoms with van der Waals surface area (Å²) in [7, 11) is 1.76. The maximum atomic E-state index is 6.40. The average molecular weight is 263 g/mol. The molecule has 19 heavy (non-hydrogen) atoms. The Morgan fingerprint density at radius 1 is 1.11 bits per heavy atom. The zero-order chi connectivity index (χ0) is 14.7. The first-order valence-electron chi connectivity index (χ1n) is 7.07. The summed E-state index contributed by atoms with van der Waals surface area (Å²) in [5.74, 6) is 0. The van der Waals surface area contributed by atoms with Gasteiger partial charge in [-0.05, 0) is 43.2 Å². The third-order valence-corrected chi connectivity index (χ3v) is 3.78. The fourth-order valence-corrected chi connectivity index (χ4v) is 2.26. The third-order valence-electron chi connectivity index (χ3n) is 3.78. The minimum atomic E-state index is -0.103. The first-order chi connectivity index (χ1) is 8.67. The third kappa shape index (κ3) is 4.63. The molecule has 1 rings (SSSR count). The van der Waals surface area contributed by atoms with Crippen LogP contribution >= 0.6 is 0 Å². The molecule has 1 atom stereocenters. The zero-order valence-electron chi connectivity index (χ0n) is 13.3. The number of rotatable bonds is 5. The summed E-state index contributed by atoms with van der Waals surface area (Å²) >= 11 is 0. The molecule has 0 bridgehead atoms. The van der Waals surface area contributed by atoms with Crippen LogP contribution in [0.5, 0.6) is 0 Å². The van der Waals surface area contributed by atoms with Crippen molar-refractivity contribution in [3.05, 3.63) is 35.4 Å². The molecule has 1 aromatic carbocycles. The Hall–Kier alpha value is -0.860. The highest BCUT2D eigenvalue weighted by atomic mass is 16.5. The van der Waals surface area contributed by atoms with Crippen molar-refractivity contribution in [1.29, 1.82) is 0 Å². The van der Waals surface area contributed by atoms with Crippen LogP contribution in [0.4, 0.5) is 0 Å². The number of nitrogens with two attached hydrogens (primary N) is 1. The molecule has 0 saturated heterocycles. The Bertz CT molecular complexity index is 404. The van der Waals surface area contributed by atoms with E-state index in [1.54, 1.807) is 7.11 Å². The molecule has 0 fully saturated rings. The molecule has 0 aliphatic carbocycles. The van der Waals surface area contributed by atoms with Crippen molar-refractivity contribution in [1.82, 2.24) is 0 Å². The van der Waals surface area contributed by atoms with Gasteiger partial charge in [0, 0.05) is 13.2 Å². The zero-order valence-corrected chi connectivity index (χ0v) is 13.3. The predicted octanol–water partition coefficient (Wildman–Crippen LogP) is 4.19. The number of benzene rings is 1. The largest absolute Gasteiger partial charge is 0.379 e. The maximum Gasteiger partial charge on any atom is 0.0623 e. The second kappa shape index (κ2) is 6.06. The van der Waals surface area contributed by atoms with Gasteiger partial charge in [-0.2, -0.15) is 0 Å². The molecule has 0 aliphatic rings. The summed E-state index contributed by atoms with van der Waals surface area (Å²) in [6.45, 7) is 10.9. The first-order valence-corrected chi connectivity index (χ1v) is 7.07. The lowest BCUT2D eigenvalue weighted by atomic mass is 9.81. The van der Waals surface area contributed by atoms with Crippen molar-refractivity contribution in [2.45, 2.75) is 64.5 Å². The van der Waals surface area contributed by atoms with Crippen molar-refractivity contribution < 1.29 is 4.74 Å². The Kier molecular flexibility index (Phi) is 5.17. The Balaban J connectivity index is 2.86. The van der Waals surface area contributed by atoms with Crippen LogP contribution in [0, 0.1) is 0 Å². The van der Waals surface area contributed by atoms with Gasteiger partial charge in [-0.25, -0.2) is 0 Å². The standard InChI is InChI=1S/C17H29NO/c1-16(2,3)14-10-8-7-9-13(14)15(18)11-12-17(4,5)19-6/h7-10,15H,11-12,18H2,1-6H3. The van der Waals surface area contributed by atoms with E-state index in [0.717, 1.165) is 12.8 Å². The van der Waals surface area contributed by atoms with Gasteiger partial charge in [-0.1, -0.05) is 45.0 Å². The highest BCUT2D eigenvalue weighted by molar-refractivity contribution is 5.35. The summed E-state index contributed by atoms with van der Waals surface area (Å²) in [4.78, 5) is 0. The molecule has 2 nitrogen and oxygen atoms in total. The summed E-state index contributed by atoms with van der Waals surface area (Å²) in [5, 5.41) is 0. The summed E-state index contributed by atoms with van der Waals surface area (Å²) in [5.41, 5.74) is 9.04. The highest BCUT2D eigenvalue weighted by Crippen LogP contribution is 2.31. The smallest absolute Gasteiger partial charge is 0.0623 e. The van der Waals surface area contributed by atoms with Crippen LogP contribution in [0.3, 0.4) is 0 Å². The van der Waals surface area contributed by atoms with Crippen LogP contribution in [0.25, 0.3) is 0 Å². The van der Waals surface area contributed by atoms with Crippen molar-refractivity contribution in [3.8, 4) is 0 Å². The molecule has 0 saturated carbocycles. The Labute approximate surface area is 118 Å². The maximum absolute atomic E-state index is 6.40. The summed E-state index contributed by atoms with van der Waals surface area (Å²) < 4.78 is 5.47. The average Bonchev–Trinajstić information content (AvgIpc) is 2.35. The molecule has 1 aromatic rings. The molecular weight excluding hydrogens is 234 g/mol. The van der Waals surface area contributed by atoms with Crippen LogP contribution in [0.15, 0.2) is 24.3 Å². The Morgan fingerprint density at radius 2 is 1.68 bits per heavy atom. The molecule has 0 amide bonds. The SMILES string of the molecule is COC(C)(C)CCC(N)c1ccccc1C(C)(C)C.